The van der Waals surface area contributed by atoms with Crippen LogP contribution in [-0.2, 0) is 0 Å². The lowest BCUT2D eigenvalue weighted by Crippen LogP contribution is -2.64. The fraction of sp³-hybridized carbons (Fsp3) is 0.171. The SMILES string of the molecule is CC1=C([Si](c2ccccc2)(c2ccccc2)C2C(c3ccc(C)o3)=Cc3c2cccc3[Si](C)(C)C)CC(c2ccccc2)=C1. The Morgan fingerprint density at radius 3 is 1.82 bits per heavy atom. The topological polar surface area (TPSA) is 13.1 Å². The van der Waals surface area contributed by atoms with Crippen molar-refractivity contribution < 1.29 is 4.42 Å². The Morgan fingerprint density at radius 2 is 1.25 bits per heavy atom. The van der Waals surface area contributed by atoms with Gasteiger partial charge < -0.3 is 4.42 Å². The van der Waals surface area contributed by atoms with Crippen LogP contribution in [0, 0.1) is 6.92 Å². The predicted octanol–water partition coefficient (Wildman–Crippen LogP) is 8.92. The van der Waals surface area contributed by atoms with Crippen LogP contribution in [0.4, 0.5) is 0 Å². The smallest absolute Gasteiger partial charge is 0.156 e. The van der Waals surface area contributed by atoms with Crippen LogP contribution in [0.2, 0.25) is 19.6 Å². The molecule has 1 atom stereocenters. The first kappa shape index (κ1) is 28.6. The van der Waals surface area contributed by atoms with E-state index in [1.807, 2.05) is 0 Å². The van der Waals surface area contributed by atoms with Gasteiger partial charge in [0, 0.05) is 11.1 Å². The third-order valence-electron chi connectivity index (χ3n) is 9.64. The van der Waals surface area contributed by atoms with E-state index >= 15 is 0 Å². The molecule has 0 fully saturated rings. The number of rotatable bonds is 7. The number of hydrogen-bond acceptors (Lipinski definition) is 1. The summed E-state index contributed by atoms with van der Waals surface area (Å²) in [4.78, 5) is 0. The minimum atomic E-state index is -2.77. The fourth-order valence-corrected chi connectivity index (χ4v) is 15.4. The summed E-state index contributed by atoms with van der Waals surface area (Å²) in [6.07, 6.45) is 5.93. The summed E-state index contributed by atoms with van der Waals surface area (Å²) in [5.41, 5.74) is 8.52. The summed E-state index contributed by atoms with van der Waals surface area (Å²) in [6, 6.07) is 45.3. The maximum atomic E-state index is 6.54. The molecular formula is C41H40OSi2. The molecule has 0 N–H and O–H groups in total. The molecule has 7 rings (SSSR count). The zero-order valence-electron chi connectivity index (χ0n) is 26.4. The normalized spacial score (nSPS) is 16.6. The van der Waals surface area contributed by atoms with Gasteiger partial charge in [0.15, 0.2) is 8.07 Å². The zero-order valence-corrected chi connectivity index (χ0v) is 28.4. The molecule has 2 aliphatic carbocycles. The van der Waals surface area contributed by atoms with Crippen molar-refractivity contribution in [3.8, 4) is 0 Å². The van der Waals surface area contributed by atoms with Gasteiger partial charge in [-0.3, -0.25) is 0 Å². The van der Waals surface area contributed by atoms with Gasteiger partial charge in [-0.15, -0.1) is 0 Å². The van der Waals surface area contributed by atoms with Crippen molar-refractivity contribution in [3.05, 3.63) is 166 Å². The van der Waals surface area contributed by atoms with Crippen molar-refractivity contribution in [2.75, 3.05) is 0 Å². The van der Waals surface area contributed by atoms with E-state index in [-0.39, 0.29) is 5.54 Å². The Morgan fingerprint density at radius 1 is 0.636 bits per heavy atom. The Balaban J connectivity index is 1.57. The van der Waals surface area contributed by atoms with Crippen molar-refractivity contribution in [1.29, 1.82) is 0 Å². The molecule has 44 heavy (non-hydrogen) atoms. The maximum absolute atomic E-state index is 6.54. The molecule has 1 unspecified atom stereocenters. The maximum Gasteiger partial charge on any atom is 0.156 e. The second-order valence-corrected chi connectivity index (χ2v) is 22.4. The van der Waals surface area contributed by atoms with E-state index in [1.165, 1.54) is 49.0 Å². The third-order valence-corrected chi connectivity index (χ3v) is 17.2. The second-order valence-electron chi connectivity index (χ2n) is 13.4. The average molecular weight is 605 g/mol. The summed E-state index contributed by atoms with van der Waals surface area (Å²) < 4.78 is 6.54. The third kappa shape index (κ3) is 4.66. The van der Waals surface area contributed by atoms with Crippen LogP contribution in [-0.4, -0.2) is 16.1 Å². The van der Waals surface area contributed by atoms with Crippen molar-refractivity contribution in [2.45, 2.75) is 45.5 Å². The molecule has 5 aromatic rings. The highest BCUT2D eigenvalue weighted by Crippen LogP contribution is 2.52. The highest BCUT2D eigenvalue weighted by Gasteiger charge is 2.54. The highest BCUT2D eigenvalue weighted by atomic mass is 28.3. The number of allylic oxidation sites excluding steroid dienone is 5. The lowest BCUT2D eigenvalue weighted by atomic mass is 10.1. The van der Waals surface area contributed by atoms with Crippen LogP contribution in [0.3, 0.4) is 0 Å². The molecule has 0 aliphatic heterocycles. The van der Waals surface area contributed by atoms with E-state index in [2.05, 4.69) is 167 Å². The van der Waals surface area contributed by atoms with Gasteiger partial charge in [0.25, 0.3) is 0 Å². The molecule has 218 valence electrons. The molecule has 2 aliphatic rings. The van der Waals surface area contributed by atoms with E-state index in [0.29, 0.717) is 0 Å². The van der Waals surface area contributed by atoms with Gasteiger partial charge in [0.2, 0.25) is 0 Å². The van der Waals surface area contributed by atoms with Gasteiger partial charge >= 0.3 is 0 Å². The first-order valence-corrected chi connectivity index (χ1v) is 21.4. The molecule has 1 nitrogen and oxygen atoms in total. The van der Waals surface area contributed by atoms with Gasteiger partial charge in [0.05, 0.1) is 8.07 Å². The molecule has 1 aromatic heterocycles. The molecule has 0 radical (unpaired) electrons. The second kappa shape index (κ2) is 11.1. The lowest BCUT2D eigenvalue weighted by molar-refractivity contribution is 0.520. The van der Waals surface area contributed by atoms with Crippen LogP contribution in [0.1, 0.15) is 47.1 Å². The van der Waals surface area contributed by atoms with Crippen molar-refractivity contribution in [3.63, 3.8) is 0 Å². The summed E-state index contributed by atoms with van der Waals surface area (Å²) in [7, 11) is -4.42. The molecule has 0 bridgehead atoms. The van der Waals surface area contributed by atoms with Crippen LogP contribution in [0.15, 0.2) is 143 Å². The number of aryl methyl sites for hydroxylation is 1. The Labute approximate surface area is 264 Å². The number of hydrogen-bond donors (Lipinski definition) is 0. The van der Waals surface area contributed by atoms with Gasteiger partial charge in [-0.05, 0) is 71.1 Å². The summed E-state index contributed by atoms with van der Waals surface area (Å²) >= 11 is 0. The number of furan rings is 1. The number of benzene rings is 4. The minimum absolute atomic E-state index is 0.164. The van der Waals surface area contributed by atoms with Crippen molar-refractivity contribution in [2.24, 2.45) is 0 Å². The van der Waals surface area contributed by atoms with E-state index in [4.69, 9.17) is 4.42 Å². The number of fused-ring (bicyclic) bond motifs is 1. The molecular weight excluding hydrogens is 565 g/mol. The predicted molar refractivity (Wildman–Crippen MR) is 193 cm³/mol. The zero-order chi connectivity index (χ0) is 30.5. The standard InChI is InChI=1S/C41H40OSi2/c1-29-26-32(31-16-9-6-10-17-31)27-40(29)44(33-18-11-7-12-19-33,34-20-13-8-14-21-34)41-35-22-15-23-39(43(3,4)5)36(35)28-37(41)38-25-24-30(2)42-38/h6-26,28,41H,27H2,1-5H3. The highest BCUT2D eigenvalue weighted by molar-refractivity contribution is 7.09. The summed E-state index contributed by atoms with van der Waals surface area (Å²) in [5.74, 6) is 1.96. The van der Waals surface area contributed by atoms with Gasteiger partial charge in [-0.25, -0.2) is 0 Å². The van der Waals surface area contributed by atoms with Crippen molar-refractivity contribution >= 4 is 48.9 Å². The fourth-order valence-electron chi connectivity index (χ4n) is 7.77. The van der Waals surface area contributed by atoms with Gasteiger partial charge in [0.1, 0.15) is 11.5 Å². The van der Waals surface area contributed by atoms with E-state index in [0.717, 1.165) is 17.9 Å². The summed E-state index contributed by atoms with van der Waals surface area (Å²) in [5, 5.41) is 6.03. The molecule has 0 saturated heterocycles. The van der Waals surface area contributed by atoms with Gasteiger partial charge in [-0.1, -0.05) is 151 Å². The molecule has 0 amide bonds. The Hall–Kier alpha value is -4.19. The van der Waals surface area contributed by atoms with E-state index < -0.39 is 16.1 Å². The average Bonchev–Trinajstić information content (AvgIpc) is 3.76. The lowest BCUT2D eigenvalue weighted by Gasteiger charge is -2.42. The monoisotopic (exact) mass is 604 g/mol. The molecule has 3 heteroatoms. The van der Waals surface area contributed by atoms with E-state index in [1.54, 1.807) is 5.20 Å². The molecule has 0 saturated carbocycles. The van der Waals surface area contributed by atoms with Crippen LogP contribution in [0.25, 0.3) is 17.2 Å². The summed E-state index contributed by atoms with van der Waals surface area (Å²) in [6.45, 7) is 11.8. The molecule has 1 heterocycles. The van der Waals surface area contributed by atoms with Crippen LogP contribution >= 0.6 is 0 Å². The minimum Gasteiger partial charge on any atom is -0.462 e. The first-order chi connectivity index (χ1) is 21.3. The quantitative estimate of drug-likeness (QED) is 0.169. The Bertz CT molecular complexity index is 1880. The molecule has 4 aromatic carbocycles. The van der Waals surface area contributed by atoms with Crippen molar-refractivity contribution in [1.82, 2.24) is 0 Å². The van der Waals surface area contributed by atoms with E-state index in [9.17, 15) is 0 Å². The van der Waals surface area contributed by atoms with Crippen LogP contribution in [0.5, 0.6) is 0 Å². The molecule has 0 spiro atoms. The largest absolute Gasteiger partial charge is 0.462 e. The van der Waals surface area contributed by atoms with Crippen LogP contribution < -0.4 is 15.6 Å². The van der Waals surface area contributed by atoms with Gasteiger partial charge in [-0.2, -0.15) is 0 Å². The Kier molecular flexibility index (Phi) is 7.19. The first-order valence-electron chi connectivity index (χ1n) is 15.8.